The van der Waals surface area contributed by atoms with Crippen molar-refractivity contribution in [2.75, 3.05) is 7.05 Å². The third kappa shape index (κ3) is 7.35. The first kappa shape index (κ1) is 18.9. The SMILES string of the molecule is CN=C(NCc1cccc(COC(C)(C)C)c1)NCc1ccccn1. The molecule has 2 N–H and O–H groups in total. The van der Waals surface area contributed by atoms with E-state index in [4.69, 9.17) is 4.74 Å². The molecule has 0 saturated heterocycles. The van der Waals surface area contributed by atoms with Crippen LogP contribution in [0.25, 0.3) is 0 Å². The van der Waals surface area contributed by atoms with Crippen LogP contribution in [0.3, 0.4) is 0 Å². The molecule has 0 atom stereocenters. The highest BCUT2D eigenvalue weighted by molar-refractivity contribution is 5.79. The van der Waals surface area contributed by atoms with Crippen LogP contribution >= 0.6 is 0 Å². The summed E-state index contributed by atoms with van der Waals surface area (Å²) in [7, 11) is 1.77. The van der Waals surface area contributed by atoms with Crippen LogP contribution in [0.4, 0.5) is 0 Å². The maximum atomic E-state index is 5.84. The summed E-state index contributed by atoms with van der Waals surface area (Å²) in [5, 5.41) is 6.59. The van der Waals surface area contributed by atoms with E-state index >= 15 is 0 Å². The monoisotopic (exact) mass is 340 g/mol. The Hall–Kier alpha value is -2.40. The van der Waals surface area contributed by atoms with Crippen molar-refractivity contribution in [1.82, 2.24) is 15.6 Å². The molecule has 134 valence electrons. The zero-order chi connectivity index (χ0) is 18.1. The fraction of sp³-hybridized carbons (Fsp3) is 0.400. The van der Waals surface area contributed by atoms with Gasteiger partial charge in [-0.05, 0) is 44.0 Å². The van der Waals surface area contributed by atoms with E-state index in [-0.39, 0.29) is 5.60 Å². The predicted molar refractivity (Wildman–Crippen MR) is 102 cm³/mol. The van der Waals surface area contributed by atoms with E-state index in [0.29, 0.717) is 19.7 Å². The van der Waals surface area contributed by atoms with Crippen molar-refractivity contribution < 1.29 is 4.74 Å². The van der Waals surface area contributed by atoms with E-state index in [1.165, 1.54) is 11.1 Å². The van der Waals surface area contributed by atoms with Crippen LogP contribution in [-0.2, 0) is 24.4 Å². The van der Waals surface area contributed by atoms with Gasteiger partial charge in [-0.15, -0.1) is 0 Å². The molecule has 0 saturated carbocycles. The maximum absolute atomic E-state index is 5.84. The molecule has 0 aliphatic rings. The zero-order valence-corrected chi connectivity index (χ0v) is 15.5. The van der Waals surface area contributed by atoms with Crippen LogP contribution in [0.2, 0.25) is 0 Å². The lowest BCUT2D eigenvalue weighted by atomic mass is 10.1. The first-order valence-corrected chi connectivity index (χ1v) is 8.52. The first-order chi connectivity index (χ1) is 12.0. The van der Waals surface area contributed by atoms with Crippen LogP contribution in [0, 0.1) is 0 Å². The van der Waals surface area contributed by atoms with Crippen molar-refractivity contribution in [1.29, 1.82) is 0 Å². The molecule has 25 heavy (non-hydrogen) atoms. The molecular weight excluding hydrogens is 312 g/mol. The van der Waals surface area contributed by atoms with Crippen molar-refractivity contribution in [3.8, 4) is 0 Å². The normalized spacial score (nSPS) is 12.1. The highest BCUT2D eigenvalue weighted by Crippen LogP contribution is 2.13. The Morgan fingerprint density at radius 3 is 2.48 bits per heavy atom. The summed E-state index contributed by atoms with van der Waals surface area (Å²) in [4.78, 5) is 8.55. The Kier molecular flexibility index (Phi) is 6.95. The molecule has 2 rings (SSSR count). The third-order valence-electron chi connectivity index (χ3n) is 3.51. The number of nitrogens with one attached hydrogen (secondary N) is 2. The van der Waals surface area contributed by atoms with Crippen LogP contribution in [-0.4, -0.2) is 23.6 Å². The molecule has 0 amide bonds. The van der Waals surface area contributed by atoms with Crippen molar-refractivity contribution >= 4 is 5.96 Å². The standard InChI is InChI=1S/C20H28N4O/c1-20(2,3)25-15-17-9-7-8-16(12-17)13-23-19(21-4)24-14-18-10-5-6-11-22-18/h5-12H,13-15H2,1-4H3,(H2,21,23,24). The van der Waals surface area contributed by atoms with Crippen LogP contribution in [0.5, 0.6) is 0 Å². The summed E-state index contributed by atoms with van der Waals surface area (Å²) in [5.41, 5.74) is 3.21. The molecule has 5 heteroatoms. The quantitative estimate of drug-likeness (QED) is 0.626. The highest BCUT2D eigenvalue weighted by Gasteiger charge is 2.10. The van der Waals surface area contributed by atoms with Gasteiger partial charge in [-0.2, -0.15) is 0 Å². The number of hydrogen-bond donors (Lipinski definition) is 2. The van der Waals surface area contributed by atoms with Crippen molar-refractivity contribution in [2.45, 2.75) is 46.1 Å². The summed E-state index contributed by atoms with van der Waals surface area (Å²) < 4.78 is 5.84. The van der Waals surface area contributed by atoms with Crippen molar-refractivity contribution in [3.05, 3.63) is 65.5 Å². The van der Waals surface area contributed by atoms with E-state index in [0.717, 1.165) is 11.7 Å². The number of aliphatic imine (C=N–C) groups is 1. The fourth-order valence-corrected chi connectivity index (χ4v) is 2.21. The molecule has 0 unspecified atom stereocenters. The molecular formula is C20H28N4O. The Morgan fingerprint density at radius 2 is 1.80 bits per heavy atom. The molecule has 0 bridgehead atoms. The second-order valence-corrected chi connectivity index (χ2v) is 6.82. The van der Waals surface area contributed by atoms with Gasteiger partial charge >= 0.3 is 0 Å². The summed E-state index contributed by atoms with van der Waals surface area (Å²) in [5.74, 6) is 0.752. The van der Waals surface area contributed by atoms with E-state index in [1.54, 1.807) is 13.2 Å². The van der Waals surface area contributed by atoms with Crippen LogP contribution in [0.15, 0.2) is 53.7 Å². The maximum Gasteiger partial charge on any atom is 0.191 e. The number of benzene rings is 1. The fourth-order valence-electron chi connectivity index (χ4n) is 2.21. The smallest absolute Gasteiger partial charge is 0.191 e. The van der Waals surface area contributed by atoms with Gasteiger partial charge in [0.15, 0.2) is 5.96 Å². The first-order valence-electron chi connectivity index (χ1n) is 8.52. The summed E-state index contributed by atoms with van der Waals surface area (Å²) >= 11 is 0. The topological polar surface area (TPSA) is 58.5 Å². The lowest BCUT2D eigenvalue weighted by Crippen LogP contribution is -2.36. The lowest BCUT2D eigenvalue weighted by molar-refractivity contribution is -0.0149. The van der Waals surface area contributed by atoms with Gasteiger partial charge in [-0.25, -0.2) is 0 Å². The number of guanidine groups is 1. The van der Waals surface area contributed by atoms with E-state index in [9.17, 15) is 0 Å². The van der Waals surface area contributed by atoms with Gasteiger partial charge in [-0.3, -0.25) is 9.98 Å². The minimum atomic E-state index is -0.133. The molecule has 0 aliphatic heterocycles. The number of aromatic nitrogens is 1. The number of ether oxygens (including phenoxy) is 1. The lowest BCUT2D eigenvalue weighted by Gasteiger charge is -2.19. The summed E-state index contributed by atoms with van der Waals surface area (Å²) in [6.07, 6.45) is 1.79. The zero-order valence-electron chi connectivity index (χ0n) is 15.5. The summed E-state index contributed by atoms with van der Waals surface area (Å²) in [6.45, 7) is 8.15. The predicted octanol–water partition coefficient (Wildman–Crippen LogP) is 3.26. The molecule has 0 spiro atoms. The highest BCUT2D eigenvalue weighted by atomic mass is 16.5. The second kappa shape index (κ2) is 9.18. The Balaban J connectivity index is 1.84. The van der Waals surface area contributed by atoms with Gasteiger partial charge in [0, 0.05) is 19.8 Å². The summed E-state index contributed by atoms with van der Waals surface area (Å²) in [6, 6.07) is 14.3. The van der Waals surface area contributed by atoms with E-state index in [1.807, 2.05) is 18.2 Å². The van der Waals surface area contributed by atoms with Crippen LogP contribution < -0.4 is 10.6 Å². The van der Waals surface area contributed by atoms with E-state index < -0.39 is 0 Å². The Bertz CT molecular complexity index is 678. The molecule has 5 nitrogen and oxygen atoms in total. The van der Waals surface area contributed by atoms with Crippen LogP contribution in [0.1, 0.15) is 37.6 Å². The number of nitrogens with zero attached hydrogens (tertiary/aromatic N) is 2. The largest absolute Gasteiger partial charge is 0.371 e. The number of pyridine rings is 1. The molecule has 1 heterocycles. The third-order valence-corrected chi connectivity index (χ3v) is 3.51. The minimum Gasteiger partial charge on any atom is -0.371 e. The van der Waals surface area contributed by atoms with Gasteiger partial charge in [0.05, 0.1) is 24.4 Å². The number of hydrogen-bond acceptors (Lipinski definition) is 3. The molecule has 0 fully saturated rings. The molecule has 0 aliphatic carbocycles. The molecule has 1 aromatic carbocycles. The molecule has 0 radical (unpaired) electrons. The molecule has 2 aromatic rings. The van der Waals surface area contributed by atoms with Crippen molar-refractivity contribution in [2.24, 2.45) is 4.99 Å². The Labute approximate surface area is 150 Å². The average molecular weight is 340 g/mol. The Morgan fingerprint density at radius 1 is 1.04 bits per heavy atom. The minimum absolute atomic E-state index is 0.133. The van der Waals surface area contributed by atoms with E-state index in [2.05, 4.69) is 65.6 Å². The number of rotatable bonds is 6. The molecule has 1 aromatic heterocycles. The van der Waals surface area contributed by atoms with Gasteiger partial charge in [0.1, 0.15) is 0 Å². The van der Waals surface area contributed by atoms with Gasteiger partial charge in [-0.1, -0.05) is 30.3 Å². The van der Waals surface area contributed by atoms with Gasteiger partial charge in [0.2, 0.25) is 0 Å². The average Bonchev–Trinajstić information content (AvgIpc) is 2.61. The van der Waals surface area contributed by atoms with Gasteiger partial charge in [0.25, 0.3) is 0 Å². The second-order valence-electron chi connectivity index (χ2n) is 6.82. The van der Waals surface area contributed by atoms with Crippen molar-refractivity contribution in [3.63, 3.8) is 0 Å². The van der Waals surface area contributed by atoms with Gasteiger partial charge < -0.3 is 15.4 Å².